The first kappa shape index (κ1) is 24.2. The second-order valence-electron chi connectivity index (χ2n) is 7.19. The van der Waals surface area contributed by atoms with Crippen molar-refractivity contribution in [3.05, 3.63) is 57.7 Å². The number of carbonyl (C=O) groups is 4. The molecular weight excluding hydrogens is 496 g/mol. The van der Waals surface area contributed by atoms with Crippen molar-refractivity contribution in [2.75, 3.05) is 7.11 Å². The summed E-state index contributed by atoms with van der Waals surface area (Å²) in [6.45, 7) is -0.179. The Morgan fingerprint density at radius 2 is 1.97 bits per heavy atom. The lowest BCUT2D eigenvalue weighted by Crippen LogP contribution is -2.27. The number of hydrogen-bond donors (Lipinski definition) is 2. The molecule has 11 nitrogen and oxygen atoms in total. The highest BCUT2D eigenvalue weighted by Gasteiger charge is 2.34. The summed E-state index contributed by atoms with van der Waals surface area (Å²) >= 11 is 1.80. The SMILES string of the molecule is COc1cc(/C=N\NC(=O)Cn2c(=O)sc3ccccc32)ccc1OC(=O)C[C@H]1SC(=O)NC1=O. The number of fused-ring (bicyclic) bond motifs is 1. The highest BCUT2D eigenvalue weighted by molar-refractivity contribution is 8.15. The van der Waals surface area contributed by atoms with Crippen molar-refractivity contribution >= 4 is 62.6 Å². The Kier molecular flexibility index (Phi) is 7.27. The van der Waals surface area contributed by atoms with E-state index in [2.05, 4.69) is 15.8 Å². The average Bonchev–Trinajstić information content (AvgIpc) is 3.31. The maximum atomic E-state index is 12.3. The van der Waals surface area contributed by atoms with Gasteiger partial charge in [-0.3, -0.25) is 33.9 Å². The van der Waals surface area contributed by atoms with Crippen molar-refractivity contribution in [2.24, 2.45) is 5.10 Å². The number of carbonyl (C=O) groups excluding carboxylic acids is 4. The molecule has 0 aliphatic carbocycles. The van der Waals surface area contributed by atoms with Crippen LogP contribution in [0.25, 0.3) is 10.2 Å². The lowest BCUT2D eigenvalue weighted by Gasteiger charge is -2.10. The second kappa shape index (κ2) is 10.5. The molecule has 3 aromatic rings. The Hall–Kier alpha value is -3.97. The normalized spacial score (nSPS) is 15.4. The lowest BCUT2D eigenvalue weighted by atomic mass is 10.2. The first-order chi connectivity index (χ1) is 16.8. The molecule has 0 spiro atoms. The van der Waals surface area contributed by atoms with Gasteiger partial charge in [0.1, 0.15) is 11.8 Å². The molecule has 1 aliphatic heterocycles. The summed E-state index contributed by atoms with van der Waals surface area (Å²) < 4.78 is 12.7. The van der Waals surface area contributed by atoms with E-state index in [0.717, 1.165) is 27.8 Å². The molecule has 2 aromatic carbocycles. The number of thiazole rings is 1. The van der Waals surface area contributed by atoms with Crippen LogP contribution in [0.3, 0.4) is 0 Å². The smallest absolute Gasteiger partial charge is 0.312 e. The van der Waals surface area contributed by atoms with Gasteiger partial charge in [-0.05, 0) is 35.9 Å². The monoisotopic (exact) mass is 514 g/mol. The molecule has 1 fully saturated rings. The zero-order chi connectivity index (χ0) is 24.9. The zero-order valence-electron chi connectivity index (χ0n) is 18.2. The van der Waals surface area contributed by atoms with Crippen LogP contribution in [0, 0.1) is 0 Å². The number of thioether (sulfide) groups is 1. The number of methoxy groups -OCH3 is 1. The summed E-state index contributed by atoms with van der Waals surface area (Å²) in [5, 5.41) is 4.67. The lowest BCUT2D eigenvalue weighted by molar-refractivity contribution is -0.136. The Morgan fingerprint density at radius 3 is 2.71 bits per heavy atom. The van der Waals surface area contributed by atoms with Crippen molar-refractivity contribution in [2.45, 2.75) is 18.2 Å². The molecule has 1 aliphatic rings. The van der Waals surface area contributed by atoms with Crippen molar-refractivity contribution in [3.63, 3.8) is 0 Å². The van der Waals surface area contributed by atoms with Crippen molar-refractivity contribution in [1.82, 2.24) is 15.3 Å². The molecule has 1 atom stereocenters. The van der Waals surface area contributed by atoms with E-state index >= 15 is 0 Å². The number of imide groups is 1. The van der Waals surface area contributed by atoms with Gasteiger partial charge in [0.25, 0.3) is 11.1 Å². The molecule has 180 valence electrons. The minimum absolute atomic E-state index is 0.122. The topological polar surface area (TPSA) is 145 Å². The van der Waals surface area contributed by atoms with Gasteiger partial charge in [0.15, 0.2) is 11.5 Å². The second-order valence-corrected chi connectivity index (χ2v) is 9.36. The minimum atomic E-state index is -0.834. The fraction of sp³-hybridized carbons (Fsp3) is 0.182. The summed E-state index contributed by atoms with van der Waals surface area (Å²) in [5.41, 5.74) is 3.59. The van der Waals surface area contributed by atoms with E-state index in [4.69, 9.17) is 9.47 Å². The van der Waals surface area contributed by atoms with Crippen LogP contribution >= 0.6 is 23.1 Å². The molecule has 2 N–H and O–H groups in total. The molecule has 3 amide bonds. The molecule has 4 rings (SSSR count). The fourth-order valence-electron chi connectivity index (χ4n) is 3.21. The summed E-state index contributed by atoms with van der Waals surface area (Å²) in [5.74, 6) is -1.36. The summed E-state index contributed by atoms with van der Waals surface area (Å²) in [7, 11) is 1.39. The number of nitrogens with one attached hydrogen (secondary N) is 2. The Bertz CT molecular complexity index is 1410. The highest BCUT2D eigenvalue weighted by atomic mass is 32.2. The summed E-state index contributed by atoms with van der Waals surface area (Å²) in [6, 6.07) is 11.8. The van der Waals surface area contributed by atoms with Gasteiger partial charge in [0.2, 0.25) is 5.91 Å². The molecule has 35 heavy (non-hydrogen) atoms. The van der Waals surface area contributed by atoms with E-state index in [1.54, 1.807) is 18.2 Å². The molecule has 13 heteroatoms. The van der Waals surface area contributed by atoms with E-state index < -0.39 is 28.3 Å². The third kappa shape index (κ3) is 5.75. The van der Waals surface area contributed by atoms with E-state index in [9.17, 15) is 24.0 Å². The van der Waals surface area contributed by atoms with Gasteiger partial charge in [-0.2, -0.15) is 5.10 Å². The van der Waals surface area contributed by atoms with E-state index in [-0.39, 0.29) is 29.3 Å². The Morgan fingerprint density at radius 1 is 1.17 bits per heavy atom. The third-order valence-electron chi connectivity index (χ3n) is 4.81. The first-order valence-corrected chi connectivity index (χ1v) is 11.8. The van der Waals surface area contributed by atoms with Crippen molar-refractivity contribution in [1.29, 1.82) is 0 Å². The molecule has 0 saturated carbocycles. The van der Waals surface area contributed by atoms with Crippen LogP contribution in [0.1, 0.15) is 12.0 Å². The van der Waals surface area contributed by atoms with Gasteiger partial charge in [0, 0.05) is 0 Å². The van der Waals surface area contributed by atoms with Gasteiger partial charge in [0.05, 0.1) is 30.0 Å². The van der Waals surface area contributed by atoms with Crippen molar-refractivity contribution in [3.8, 4) is 11.5 Å². The number of para-hydroxylation sites is 1. The minimum Gasteiger partial charge on any atom is -0.493 e. The number of ether oxygens (including phenoxy) is 2. The number of hydrazone groups is 1. The van der Waals surface area contributed by atoms with Gasteiger partial charge in [-0.25, -0.2) is 5.43 Å². The summed E-state index contributed by atoms with van der Waals surface area (Å²) in [4.78, 5) is 59.2. The number of benzene rings is 2. The molecule has 1 saturated heterocycles. The van der Waals surface area contributed by atoms with Crippen LogP contribution in [0.2, 0.25) is 0 Å². The van der Waals surface area contributed by atoms with Gasteiger partial charge < -0.3 is 9.47 Å². The molecule has 0 unspecified atom stereocenters. The predicted molar refractivity (Wildman–Crippen MR) is 130 cm³/mol. The Balaban J connectivity index is 1.35. The quantitative estimate of drug-likeness (QED) is 0.201. The number of rotatable bonds is 8. The molecule has 0 bridgehead atoms. The van der Waals surface area contributed by atoms with Crippen LogP contribution in [0.15, 0.2) is 52.4 Å². The largest absolute Gasteiger partial charge is 0.493 e. The van der Waals surface area contributed by atoms with Crippen LogP contribution < -0.4 is 25.1 Å². The fourth-order valence-corrected chi connectivity index (χ4v) is 4.91. The molecule has 2 heterocycles. The van der Waals surface area contributed by atoms with Crippen LogP contribution in [-0.4, -0.2) is 46.2 Å². The van der Waals surface area contributed by atoms with Crippen LogP contribution in [-0.2, 0) is 20.9 Å². The number of aromatic nitrogens is 1. The maximum Gasteiger partial charge on any atom is 0.312 e. The Labute approximate surface area is 206 Å². The molecule has 1 aromatic heterocycles. The van der Waals surface area contributed by atoms with Crippen molar-refractivity contribution < 1.29 is 28.7 Å². The van der Waals surface area contributed by atoms with E-state index in [0.29, 0.717) is 11.1 Å². The van der Waals surface area contributed by atoms with Gasteiger partial charge in [-0.1, -0.05) is 35.2 Å². The number of nitrogens with zero attached hydrogens (tertiary/aromatic N) is 2. The molecular formula is C22H18N4O7S2. The maximum absolute atomic E-state index is 12.3. The zero-order valence-corrected chi connectivity index (χ0v) is 19.8. The number of amides is 3. The average molecular weight is 515 g/mol. The van der Waals surface area contributed by atoms with Gasteiger partial charge in [-0.15, -0.1) is 0 Å². The number of hydrogen-bond acceptors (Lipinski definition) is 10. The summed E-state index contributed by atoms with van der Waals surface area (Å²) in [6.07, 6.45) is 1.09. The van der Waals surface area contributed by atoms with Crippen LogP contribution in [0.5, 0.6) is 11.5 Å². The molecule has 0 radical (unpaired) electrons. The van der Waals surface area contributed by atoms with Crippen LogP contribution in [0.4, 0.5) is 4.79 Å². The predicted octanol–water partition coefficient (Wildman–Crippen LogP) is 1.87. The first-order valence-electron chi connectivity index (χ1n) is 10.1. The van der Waals surface area contributed by atoms with E-state index in [1.807, 2.05) is 12.1 Å². The van der Waals surface area contributed by atoms with E-state index in [1.165, 1.54) is 30.0 Å². The standard InChI is InChI=1S/C22H18N4O7S2/c1-32-15-8-12(6-7-14(15)33-19(28)9-17-20(29)24-21(30)34-17)10-23-25-18(27)11-26-13-4-2-3-5-16(13)35-22(26)31/h2-8,10,17H,9,11H2,1H3,(H,25,27)(H,24,29,30)/b23-10-/t17-/m1/s1. The third-order valence-corrected chi connectivity index (χ3v) is 6.75. The number of esters is 1. The van der Waals surface area contributed by atoms with Gasteiger partial charge >= 0.3 is 10.8 Å². The highest BCUT2D eigenvalue weighted by Crippen LogP contribution is 2.29.